The highest BCUT2D eigenvalue weighted by Crippen LogP contribution is 2.28. The zero-order valence-electron chi connectivity index (χ0n) is 16.5. The van der Waals surface area contributed by atoms with Crippen LogP contribution in [0.2, 0.25) is 0 Å². The van der Waals surface area contributed by atoms with Crippen LogP contribution in [0.1, 0.15) is 16.7 Å². The molecule has 0 aliphatic heterocycles. The van der Waals surface area contributed by atoms with Crippen molar-refractivity contribution in [2.24, 2.45) is 0 Å². The summed E-state index contributed by atoms with van der Waals surface area (Å²) in [4.78, 5) is 13.7. The molecule has 0 aromatic heterocycles. The second kappa shape index (κ2) is 10.2. The second-order valence-electron chi connectivity index (χ2n) is 6.79. The summed E-state index contributed by atoms with van der Waals surface area (Å²) in [6.07, 6.45) is 0.256. The number of rotatable bonds is 8. The van der Waals surface area contributed by atoms with Crippen LogP contribution in [0.3, 0.4) is 0 Å². The Labute approximate surface area is 171 Å². The van der Waals surface area contributed by atoms with E-state index in [0.29, 0.717) is 25.3 Å². The zero-order chi connectivity index (χ0) is 20.5. The van der Waals surface area contributed by atoms with Crippen molar-refractivity contribution in [1.29, 1.82) is 0 Å². The van der Waals surface area contributed by atoms with Gasteiger partial charge in [0.2, 0.25) is 0 Å². The Kier molecular flexibility index (Phi) is 7.11. The molecule has 0 unspecified atom stereocenters. The first kappa shape index (κ1) is 20.3. The molecule has 0 radical (unpaired) electrons. The number of likely N-dealkylation sites (N-methyl/N-ethyl adjacent to an activating group) is 1. The van der Waals surface area contributed by atoms with E-state index in [0.717, 1.165) is 16.7 Å². The number of aromatic hydroxyl groups is 1. The predicted molar refractivity (Wildman–Crippen MR) is 112 cm³/mol. The van der Waals surface area contributed by atoms with Crippen molar-refractivity contribution in [1.82, 2.24) is 4.90 Å². The monoisotopic (exact) mass is 391 g/mol. The second-order valence-corrected chi connectivity index (χ2v) is 6.79. The van der Waals surface area contributed by atoms with E-state index in [1.165, 1.54) is 0 Å². The lowest BCUT2D eigenvalue weighted by Gasteiger charge is -2.17. The number of phenols is 1. The van der Waals surface area contributed by atoms with Gasteiger partial charge in [-0.2, -0.15) is 0 Å². The molecular weight excluding hydrogens is 366 g/mol. The average Bonchev–Trinajstić information content (AvgIpc) is 2.77. The van der Waals surface area contributed by atoms with Crippen LogP contribution in [0.15, 0.2) is 78.9 Å². The summed E-state index contributed by atoms with van der Waals surface area (Å²) in [6.45, 7) is 1.13. The first-order valence-electron chi connectivity index (χ1n) is 9.52. The summed E-state index contributed by atoms with van der Waals surface area (Å²) >= 11 is 0. The molecule has 0 fully saturated rings. The van der Waals surface area contributed by atoms with Crippen molar-refractivity contribution >= 4 is 6.09 Å². The highest BCUT2D eigenvalue weighted by atomic mass is 16.6. The van der Waals surface area contributed by atoms with Crippen molar-refractivity contribution in [2.45, 2.75) is 19.6 Å². The van der Waals surface area contributed by atoms with Gasteiger partial charge in [0.25, 0.3) is 0 Å². The molecule has 0 heterocycles. The number of ether oxygens (including phenoxy) is 2. The van der Waals surface area contributed by atoms with Crippen molar-refractivity contribution in [3.05, 3.63) is 95.6 Å². The highest BCUT2D eigenvalue weighted by molar-refractivity contribution is 5.67. The Hall–Kier alpha value is -3.47. The number of nitrogens with zero attached hydrogens (tertiary/aromatic N) is 1. The van der Waals surface area contributed by atoms with Crippen LogP contribution in [0.25, 0.3) is 0 Å². The van der Waals surface area contributed by atoms with E-state index in [1.807, 2.05) is 66.7 Å². The maximum absolute atomic E-state index is 12.2. The van der Waals surface area contributed by atoms with Crippen molar-refractivity contribution in [3.63, 3.8) is 0 Å². The molecule has 0 aliphatic carbocycles. The molecule has 0 saturated heterocycles. The smallest absolute Gasteiger partial charge is 0.409 e. The number of phenolic OH excluding ortho intramolecular Hbond substituents is 1. The van der Waals surface area contributed by atoms with E-state index >= 15 is 0 Å². The molecule has 0 bridgehead atoms. The fourth-order valence-corrected chi connectivity index (χ4v) is 2.78. The molecule has 5 heteroatoms. The minimum atomic E-state index is -0.367. The summed E-state index contributed by atoms with van der Waals surface area (Å²) in [6, 6.07) is 24.6. The molecule has 3 aromatic rings. The molecular formula is C24H25NO4. The molecule has 1 N–H and O–H groups in total. The Morgan fingerprint density at radius 3 is 2.14 bits per heavy atom. The SMILES string of the molecule is CN(CCc1ccc(O)c(OCc2ccccc2)c1)C(=O)OCc1ccccc1. The van der Waals surface area contributed by atoms with Crippen molar-refractivity contribution in [3.8, 4) is 11.5 Å². The number of hydrogen-bond acceptors (Lipinski definition) is 4. The lowest BCUT2D eigenvalue weighted by Crippen LogP contribution is -2.29. The normalized spacial score (nSPS) is 10.4. The van der Waals surface area contributed by atoms with Gasteiger partial charge < -0.3 is 19.5 Å². The first-order valence-corrected chi connectivity index (χ1v) is 9.52. The molecule has 0 spiro atoms. The largest absolute Gasteiger partial charge is 0.504 e. The van der Waals surface area contributed by atoms with Gasteiger partial charge in [-0.1, -0.05) is 66.7 Å². The van der Waals surface area contributed by atoms with E-state index in [1.54, 1.807) is 24.1 Å². The molecule has 150 valence electrons. The molecule has 3 aromatic carbocycles. The third kappa shape index (κ3) is 6.28. The highest BCUT2D eigenvalue weighted by Gasteiger charge is 2.11. The van der Waals surface area contributed by atoms with Crippen LogP contribution in [-0.2, 0) is 24.4 Å². The number of amides is 1. The fourth-order valence-electron chi connectivity index (χ4n) is 2.78. The Morgan fingerprint density at radius 1 is 0.862 bits per heavy atom. The van der Waals surface area contributed by atoms with Gasteiger partial charge in [-0.15, -0.1) is 0 Å². The lowest BCUT2D eigenvalue weighted by atomic mass is 10.1. The summed E-state index contributed by atoms with van der Waals surface area (Å²) in [5, 5.41) is 10.0. The van der Waals surface area contributed by atoms with E-state index in [4.69, 9.17) is 9.47 Å². The van der Waals surface area contributed by atoms with E-state index < -0.39 is 0 Å². The van der Waals surface area contributed by atoms with Gasteiger partial charge in [0, 0.05) is 13.6 Å². The quantitative estimate of drug-likeness (QED) is 0.600. The predicted octanol–water partition coefficient (Wildman–Crippen LogP) is 4.78. The van der Waals surface area contributed by atoms with Gasteiger partial charge in [0.1, 0.15) is 13.2 Å². The van der Waals surface area contributed by atoms with Crippen LogP contribution in [0.5, 0.6) is 11.5 Å². The molecule has 0 atom stereocenters. The third-order valence-corrected chi connectivity index (χ3v) is 4.51. The first-order chi connectivity index (χ1) is 14.1. The minimum absolute atomic E-state index is 0.0975. The number of carbonyl (C=O) groups excluding carboxylic acids is 1. The third-order valence-electron chi connectivity index (χ3n) is 4.51. The van der Waals surface area contributed by atoms with Crippen LogP contribution in [0, 0.1) is 0 Å². The van der Waals surface area contributed by atoms with Gasteiger partial charge in [0.05, 0.1) is 0 Å². The molecule has 0 aliphatic rings. The van der Waals surface area contributed by atoms with Crippen LogP contribution in [0.4, 0.5) is 4.79 Å². The fraction of sp³-hybridized carbons (Fsp3) is 0.208. The number of carbonyl (C=O) groups is 1. The molecule has 1 amide bonds. The van der Waals surface area contributed by atoms with E-state index in [2.05, 4.69) is 0 Å². The number of hydrogen-bond donors (Lipinski definition) is 1. The van der Waals surface area contributed by atoms with Crippen LogP contribution in [-0.4, -0.2) is 29.7 Å². The molecule has 5 nitrogen and oxygen atoms in total. The summed E-state index contributed by atoms with van der Waals surface area (Å²) in [7, 11) is 1.71. The zero-order valence-corrected chi connectivity index (χ0v) is 16.5. The topological polar surface area (TPSA) is 59.0 Å². The van der Waals surface area contributed by atoms with Gasteiger partial charge in [-0.05, 0) is 35.2 Å². The van der Waals surface area contributed by atoms with Gasteiger partial charge in [0.15, 0.2) is 11.5 Å². The standard InChI is InChI=1S/C24H25NO4/c1-25(24(27)29-18-21-10-6-3-7-11-21)15-14-19-12-13-22(26)23(16-19)28-17-20-8-4-2-5-9-20/h2-13,16,26H,14-15,17-18H2,1H3. The Bertz CT molecular complexity index is 913. The summed E-state index contributed by atoms with van der Waals surface area (Å²) < 4.78 is 11.1. The lowest BCUT2D eigenvalue weighted by molar-refractivity contribution is 0.105. The summed E-state index contributed by atoms with van der Waals surface area (Å²) in [5.74, 6) is 0.529. The molecule has 0 saturated carbocycles. The molecule has 3 rings (SSSR count). The van der Waals surface area contributed by atoms with E-state index in [9.17, 15) is 9.90 Å². The van der Waals surface area contributed by atoms with Gasteiger partial charge in [-0.3, -0.25) is 0 Å². The maximum Gasteiger partial charge on any atom is 0.409 e. The van der Waals surface area contributed by atoms with Gasteiger partial charge >= 0.3 is 6.09 Å². The Morgan fingerprint density at radius 2 is 1.48 bits per heavy atom. The minimum Gasteiger partial charge on any atom is -0.504 e. The van der Waals surface area contributed by atoms with Crippen LogP contribution >= 0.6 is 0 Å². The maximum atomic E-state index is 12.2. The Balaban J connectivity index is 1.49. The van der Waals surface area contributed by atoms with E-state index in [-0.39, 0.29) is 18.4 Å². The van der Waals surface area contributed by atoms with Crippen LogP contribution < -0.4 is 4.74 Å². The number of benzene rings is 3. The van der Waals surface area contributed by atoms with Gasteiger partial charge in [-0.25, -0.2) is 4.79 Å². The van der Waals surface area contributed by atoms with Crippen molar-refractivity contribution in [2.75, 3.05) is 13.6 Å². The molecule has 29 heavy (non-hydrogen) atoms. The van der Waals surface area contributed by atoms with Crippen molar-refractivity contribution < 1.29 is 19.4 Å². The average molecular weight is 391 g/mol. The summed E-state index contributed by atoms with van der Waals surface area (Å²) in [5.41, 5.74) is 2.94.